The summed E-state index contributed by atoms with van der Waals surface area (Å²) in [5.74, 6) is 1.74. The molecule has 0 amide bonds. The minimum atomic E-state index is -0.490. The van der Waals surface area contributed by atoms with Crippen LogP contribution in [0.5, 0.6) is 0 Å². The maximum absolute atomic E-state index is 11.4. The van der Waals surface area contributed by atoms with E-state index in [-0.39, 0.29) is 0 Å². The summed E-state index contributed by atoms with van der Waals surface area (Å²) >= 11 is 0. The Bertz CT molecular complexity index is 305. The highest BCUT2D eigenvalue weighted by atomic mass is 16.3. The van der Waals surface area contributed by atoms with Gasteiger partial charge in [-0.2, -0.15) is 0 Å². The molecule has 2 rings (SSSR count). The van der Waals surface area contributed by atoms with Crippen molar-refractivity contribution in [2.45, 2.75) is 77.7 Å². The third kappa shape index (κ3) is 2.82. The van der Waals surface area contributed by atoms with Gasteiger partial charge in [0.25, 0.3) is 0 Å². The van der Waals surface area contributed by atoms with Crippen LogP contribution in [0.1, 0.15) is 72.1 Å². The lowest BCUT2D eigenvalue weighted by molar-refractivity contribution is -0.0526. The number of allylic oxidation sites excluding steroid dienone is 1. The fraction of sp³-hybridized carbons (Fsp3) is 0.882. The van der Waals surface area contributed by atoms with E-state index in [1.807, 2.05) is 0 Å². The number of rotatable bonds is 2. The van der Waals surface area contributed by atoms with E-state index in [9.17, 15) is 5.11 Å². The van der Waals surface area contributed by atoms with Gasteiger partial charge in [0.1, 0.15) is 0 Å². The van der Waals surface area contributed by atoms with E-state index >= 15 is 0 Å². The van der Waals surface area contributed by atoms with Crippen molar-refractivity contribution in [1.29, 1.82) is 0 Å². The molecule has 0 heterocycles. The Morgan fingerprint density at radius 1 is 1.22 bits per heavy atom. The SMILES string of the molecule is CC1CCC(C(C)C)C(O)(C2=CCCCCC2)C1. The Morgan fingerprint density at radius 2 is 2.00 bits per heavy atom. The second-order valence-electron chi connectivity index (χ2n) is 6.99. The molecule has 0 aromatic heterocycles. The third-order valence-electron chi connectivity index (χ3n) is 5.15. The normalized spacial score (nSPS) is 38.4. The largest absolute Gasteiger partial charge is 0.385 e. The van der Waals surface area contributed by atoms with Crippen molar-refractivity contribution in [3.8, 4) is 0 Å². The smallest absolute Gasteiger partial charge is 0.0889 e. The van der Waals surface area contributed by atoms with Crippen molar-refractivity contribution in [3.05, 3.63) is 11.6 Å². The Kier molecular flexibility index (Phi) is 4.53. The summed E-state index contributed by atoms with van der Waals surface area (Å²) in [5.41, 5.74) is 0.890. The molecule has 2 aliphatic rings. The van der Waals surface area contributed by atoms with Crippen molar-refractivity contribution < 1.29 is 5.11 Å². The van der Waals surface area contributed by atoms with Crippen LogP contribution in [-0.4, -0.2) is 10.7 Å². The van der Waals surface area contributed by atoms with Crippen LogP contribution in [0.15, 0.2) is 11.6 Å². The molecule has 1 nitrogen and oxygen atoms in total. The zero-order chi connectivity index (χ0) is 13.2. The maximum atomic E-state index is 11.4. The first kappa shape index (κ1) is 14.1. The quantitative estimate of drug-likeness (QED) is 0.704. The number of hydrogen-bond acceptors (Lipinski definition) is 1. The van der Waals surface area contributed by atoms with Crippen LogP contribution in [0, 0.1) is 17.8 Å². The first-order valence-electron chi connectivity index (χ1n) is 7.96. The van der Waals surface area contributed by atoms with E-state index in [1.54, 1.807) is 0 Å². The van der Waals surface area contributed by atoms with E-state index in [4.69, 9.17) is 0 Å². The van der Waals surface area contributed by atoms with Gasteiger partial charge in [-0.05, 0) is 61.9 Å². The Balaban J connectivity index is 2.24. The Labute approximate surface area is 113 Å². The van der Waals surface area contributed by atoms with E-state index in [1.165, 1.54) is 44.1 Å². The van der Waals surface area contributed by atoms with Crippen LogP contribution >= 0.6 is 0 Å². The lowest BCUT2D eigenvalue weighted by Crippen LogP contribution is -2.47. The molecule has 0 saturated heterocycles. The minimum absolute atomic E-state index is 0.470. The second-order valence-corrected chi connectivity index (χ2v) is 6.99. The molecule has 1 heteroatoms. The van der Waals surface area contributed by atoms with Crippen molar-refractivity contribution in [3.63, 3.8) is 0 Å². The van der Waals surface area contributed by atoms with Gasteiger partial charge in [-0.3, -0.25) is 0 Å². The molecule has 2 aliphatic carbocycles. The first-order chi connectivity index (χ1) is 8.54. The summed E-state index contributed by atoms with van der Waals surface area (Å²) in [7, 11) is 0. The molecule has 1 N–H and O–H groups in total. The second kappa shape index (κ2) is 5.77. The van der Waals surface area contributed by atoms with Crippen LogP contribution < -0.4 is 0 Å². The van der Waals surface area contributed by atoms with Gasteiger partial charge < -0.3 is 5.11 Å². The predicted molar refractivity (Wildman–Crippen MR) is 77.5 cm³/mol. The molecule has 1 fully saturated rings. The highest BCUT2D eigenvalue weighted by Gasteiger charge is 2.44. The van der Waals surface area contributed by atoms with E-state index in [0.29, 0.717) is 17.8 Å². The maximum Gasteiger partial charge on any atom is 0.0889 e. The van der Waals surface area contributed by atoms with Gasteiger partial charge in [-0.25, -0.2) is 0 Å². The van der Waals surface area contributed by atoms with Crippen molar-refractivity contribution >= 4 is 0 Å². The molecule has 0 aromatic carbocycles. The molecule has 1 saturated carbocycles. The van der Waals surface area contributed by atoms with Crippen molar-refractivity contribution in [2.24, 2.45) is 17.8 Å². The topological polar surface area (TPSA) is 20.2 Å². The summed E-state index contributed by atoms with van der Waals surface area (Å²) in [6.45, 7) is 6.87. The fourth-order valence-corrected chi connectivity index (χ4v) is 4.15. The Morgan fingerprint density at radius 3 is 2.72 bits per heavy atom. The number of aliphatic hydroxyl groups is 1. The molecule has 0 bridgehead atoms. The summed E-state index contributed by atoms with van der Waals surface area (Å²) in [6, 6.07) is 0. The average Bonchev–Trinajstić information content (AvgIpc) is 2.57. The van der Waals surface area contributed by atoms with Gasteiger partial charge in [-0.1, -0.05) is 39.7 Å². The van der Waals surface area contributed by atoms with E-state index < -0.39 is 5.60 Å². The van der Waals surface area contributed by atoms with Crippen LogP contribution in [-0.2, 0) is 0 Å². The minimum Gasteiger partial charge on any atom is -0.385 e. The van der Waals surface area contributed by atoms with Gasteiger partial charge >= 0.3 is 0 Å². The highest BCUT2D eigenvalue weighted by molar-refractivity contribution is 5.21. The van der Waals surface area contributed by atoms with Gasteiger partial charge in [0, 0.05) is 0 Å². The monoisotopic (exact) mass is 250 g/mol. The van der Waals surface area contributed by atoms with Crippen molar-refractivity contribution in [2.75, 3.05) is 0 Å². The third-order valence-corrected chi connectivity index (χ3v) is 5.15. The van der Waals surface area contributed by atoms with Crippen LogP contribution in [0.25, 0.3) is 0 Å². The standard InChI is InChI=1S/C17H30O/c1-13(2)16-11-10-14(3)12-17(16,18)15-8-6-4-5-7-9-15/h8,13-14,16,18H,4-7,9-12H2,1-3H3. The fourth-order valence-electron chi connectivity index (χ4n) is 4.15. The molecule has 0 aliphatic heterocycles. The van der Waals surface area contributed by atoms with Gasteiger partial charge in [0.2, 0.25) is 0 Å². The summed E-state index contributed by atoms with van der Waals surface area (Å²) in [6.07, 6.45) is 12.1. The molecule has 3 atom stereocenters. The van der Waals surface area contributed by atoms with Gasteiger partial charge in [-0.15, -0.1) is 0 Å². The van der Waals surface area contributed by atoms with E-state index in [2.05, 4.69) is 26.8 Å². The lowest BCUT2D eigenvalue weighted by Gasteiger charge is -2.46. The zero-order valence-electron chi connectivity index (χ0n) is 12.4. The predicted octanol–water partition coefficient (Wildman–Crippen LogP) is 4.70. The highest BCUT2D eigenvalue weighted by Crippen LogP contribution is 2.46. The molecule has 0 aromatic rings. The van der Waals surface area contributed by atoms with Gasteiger partial charge in [0.05, 0.1) is 5.60 Å². The summed E-state index contributed by atoms with van der Waals surface area (Å²) in [5, 5.41) is 11.4. The van der Waals surface area contributed by atoms with Gasteiger partial charge in [0.15, 0.2) is 0 Å². The van der Waals surface area contributed by atoms with Crippen LogP contribution in [0.4, 0.5) is 0 Å². The molecule has 0 radical (unpaired) electrons. The first-order valence-corrected chi connectivity index (χ1v) is 7.96. The van der Waals surface area contributed by atoms with Crippen molar-refractivity contribution in [1.82, 2.24) is 0 Å². The molecule has 18 heavy (non-hydrogen) atoms. The molecule has 0 spiro atoms. The lowest BCUT2D eigenvalue weighted by atomic mass is 9.63. The van der Waals surface area contributed by atoms with Crippen LogP contribution in [0.3, 0.4) is 0 Å². The Hall–Kier alpha value is -0.300. The summed E-state index contributed by atoms with van der Waals surface area (Å²) < 4.78 is 0. The average molecular weight is 250 g/mol. The molecule has 3 unspecified atom stereocenters. The van der Waals surface area contributed by atoms with E-state index in [0.717, 1.165) is 12.8 Å². The van der Waals surface area contributed by atoms with Crippen LogP contribution in [0.2, 0.25) is 0 Å². The molecular weight excluding hydrogens is 220 g/mol. The molecule has 104 valence electrons. The number of hydrogen-bond donors (Lipinski definition) is 1. The summed E-state index contributed by atoms with van der Waals surface area (Å²) in [4.78, 5) is 0. The molecular formula is C17H30O. The zero-order valence-corrected chi connectivity index (χ0v) is 12.4.